The number of nitrogens with one attached hydrogen (secondary N) is 3. The molecule has 496 valence electrons. The highest BCUT2D eigenvalue weighted by atomic mass is 32.1. The lowest BCUT2D eigenvalue weighted by atomic mass is 9.95. The van der Waals surface area contributed by atoms with Gasteiger partial charge in [0.1, 0.15) is 0 Å². The van der Waals surface area contributed by atoms with Gasteiger partial charge in [0, 0.05) is 132 Å². The summed E-state index contributed by atoms with van der Waals surface area (Å²) in [4.78, 5) is 0. The average molecular weight is 1410 g/mol. The van der Waals surface area contributed by atoms with E-state index in [2.05, 4.69) is 386 Å². The Kier molecular flexibility index (Phi) is 16.8. The molecule has 7 heteroatoms. The summed E-state index contributed by atoms with van der Waals surface area (Å²) in [6, 6.07) is 135. The first-order valence-electron chi connectivity index (χ1n) is 35.4. The molecule has 21 aromatic rings. The molecule has 0 unspecified atom stereocenters. The van der Waals surface area contributed by atoms with Gasteiger partial charge >= 0.3 is 0 Å². The molecular formula is C98H65N3S4. The van der Waals surface area contributed by atoms with Crippen molar-refractivity contribution in [2.45, 2.75) is 0 Å². The van der Waals surface area contributed by atoms with Gasteiger partial charge in [-0.3, -0.25) is 0 Å². The molecule has 3 nitrogen and oxygen atoms in total. The van der Waals surface area contributed by atoms with E-state index in [1.165, 1.54) is 158 Å². The Bertz CT molecular complexity index is 6800. The summed E-state index contributed by atoms with van der Waals surface area (Å²) in [6.07, 6.45) is 0. The third-order valence-electron chi connectivity index (χ3n) is 19.9. The van der Waals surface area contributed by atoms with Crippen molar-refractivity contribution in [2.24, 2.45) is 0 Å². The third-order valence-corrected chi connectivity index (χ3v) is 24.7. The van der Waals surface area contributed by atoms with Crippen LogP contribution in [0, 0.1) is 0 Å². The van der Waals surface area contributed by atoms with Crippen LogP contribution in [0.2, 0.25) is 0 Å². The predicted octanol–water partition coefficient (Wildman–Crippen LogP) is 30.4. The SMILES string of the molecule is c1ccc(-c2cc(Nc3ccc4sc5ccccc5c4c3)cc3c2sc2ccccc23)cc1.c1ccc(Nc2cc(-c3cccc(-c4ccccc4)c3)c3sc4ccccc4c3c2)cc1.c1ccc2cc(-c3ccc(Nc4ccc5c(sc6ccccc65)c4-c4cccc5ccccc45)cc3)ccc2c1. The molecule has 17 aromatic carbocycles. The van der Waals surface area contributed by atoms with Gasteiger partial charge in [0.25, 0.3) is 0 Å². The summed E-state index contributed by atoms with van der Waals surface area (Å²) >= 11 is 7.48. The van der Waals surface area contributed by atoms with Gasteiger partial charge in [0.2, 0.25) is 0 Å². The van der Waals surface area contributed by atoms with Gasteiger partial charge in [-0.05, 0) is 170 Å². The lowest BCUT2D eigenvalue weighted by Crippen LogP contribution is -1.94. The number of fused-ring (bicyclic) bond motifs is 14. The van der Waals surface area contributed by atoms with E-state index in [1.807, 2.05) is 51.4 Å². The van der Waals surface area contributed by atoms with Crippen LogP contribution in [-0.2, 0) is 0 Å². The molecule has 0 radical (unpaired) electrons. The van der Waals surface area contributed by atoms with Crippen molar-refractivity contribution in [3.05, 3.63) is 376 Å². The lowest BCUT2D eigenvalue weighted by molar-refractivity contribution is 1.56. The fourth-order valence-electron chi connectivity index (χ4n) is 14.9. The zero-order chi connectivity index (χ0) is 69.6. The Hall–Kier alpha value is -12.5. The number of benzene rings is 17. The monoisotopic (exact) mass is 1410 g/mol. The van der Waals surface area contributed by atoms with Crippen molar-refractivity contribution in [1.82, 2.24) is 0 Å². The molecule has 21 rings (SSSR count). The standard InChI is InChI=1S/C38H25NS.C30H19NS2.C30H21NS/c1-2-10-28-24-29(17-16-25(28)8-1)26-18-20-30(21-19-26)39-35-23-22-34-32-13-5-6-15-36(32)40-38(34)37(35)33-14-7-11-27-9-3-4-12-31(27)33;1-2-8-19(9-3-1)24-17-21(18-26-23-11-5-7-13-28(23)33-30(24)26)31-20-14-15-29-25(16-20)22-10-4-6-12-27(22)32-29;1-3-10-21(11-4-1)22-12-9-13-23(18-22)27-19-25(31-24-14-5-2-6-15-24)20-28-26-16-7-8-17-29(26)32-30(27)28/h1-24,39H;1-18,31H;1-20,31H. The van der Waals surface area contributed by atoms with E-state index in [-0.39, 0.29) is 0 Å². The second kappa shape index (κ2) is 27.7. The van der Waals surface area contributed by atoms with Crippen LogP contribution in [0.25, 0.3) is 158 Å². The van der Waals surface area contributed by atoms with Crippen LogP contribution in [0.1, 0.15) is 0 Å². The lowest BCUT2D eigenvalue weighted by Gasteiger charge is -2.16. The fourth-order valence-corrected chi connectivity index (χ4v) is 19.7. The highest BCUT2D eigenvalue weighted by molar-refractivity contribution is 7.27. The van der Waals surface area contributed by atoms with Crippen LogP contribution < -0.4 is 16.0 Å². The molecule has 0 saturated heterocycles. The number of rotatable bonds is 11. The van der Waals surface area contributed by atoms with Gasteiger partial charge in [0.15, 0.2) is 0 Å². The summed E-state index contributed by atoms with van der Waals surface area (Å²) in [6.45, 7) is 0. The molecular weight excluding hydrogens is 1350 g/mol. The zero-order valence-electron chi connectivity index (χ0n) is 56.9. The van der Waals surface area contributed by atoms with E-state index >= 15 is 0 Å². The summed E-state index contributed by atoms with van der Waals surface area (Å²) in [7, 11) is 0. The van der Waals surface area contributed by atoms with Crippen molar-refractivity contribution >= 4 is 182 Å². The maximum Gasteiger partial charge on any atom is 0.0478 e. The van der Waals surface area contributed by atoms with Gasteiger partial charge in [-0.1, -0.05) is 267 Å². The van der Waals surface area contributed by atoms with Crippen LogP contribution in [0.4, 0.5) is 34.1 Å². The van der Waals surface area contributed by atoms with Crippen molar-refractivity contribution in [1.29, 1.82) is 0 Å². The molecule has 105 heavy (non-hydrogen) atoms. The quantitative estimate of drug-likeness (QED) is 0.121. The highest BCUT2D eigenvalue weighted by Gasteiger charge is 2.20. The van der Waals surface area contributed by atoms with Gasteiger partial charge < -0.3 is 16.0 Å². The Morgan fingerprint density at radius 2 is 0.600 bits per heavy atom. The molecule has 0 bridgehead atoms. The number of anilines is 6. The minimum Gasteiger partial charge on any atom is -0.355 e. The first-order chi connectivity index (χ1) is 52.0. The van der Waals surface area contributed by atoms with Crippen LogP contribution in [-0.4, -0.2) is 0 Å². The molecule has 3 N–H and O–H groups in total. The molecule has 0 aliphatic carbocycles. The normalized spacial score (nSPS) is 11.4. The Labute approximate surface area is 624 Å². The van der Waals surface area contributed by atoms with Crippen molar-refractivity contribution in [3.8, 4) is 55.6 Å². The molecule has 0 saturated carbocycles. The van der Waals surface area contributed by atoms with E-state index in [9.17, 15) is 0 Å². The zero-order valence-corrected chi connectivity index (χ0v) is 60.2. The minimum atomic E-state index is 1.08. The number of thiophene rings is 4. The molecule has 0 fully saturated rings. The van der Waals surface area contributed by atoms with Crippen LogP contribution >= 0.6 is 45.3 Å². The Balaban J connectivity index is 0.000000109. The second-order valence-electron chi connectivity index (χ2n) is 26.5. The van der Waals surface area contributed by atoms with E-state index in [4.69, 9.17) is 0 Å². The number of hydrogen-bond acceptors (Lipinski definition) is 7. The van der Waals surface area contributed by atoms with E-state index in [0.29, 0.717) is 0 Å². The fraction of sp³-hybridized carbons (Fsp3) is 0. The van der Waals surface area contributed by atoms with E-state index in [0.717, 1.165) is 34.1 Å². The van der Waals surface area contributed by atoms with Crippen LogP contribution in [0.15, 0.2) is 376 Å². The minimum absolute atomic E-state index is 1.08. The van der Waals surface area contributed by atoms with E-state index in [1.54, 1.807) is 0 Å². The maximum atomic E-state index is 3.79. The van der Waals surface area contributed by atoms with Gasteiger partial charge in [-0.2, -0.15) is 0 Å². The van der Waals surface area contributed by atoms with Crippen LogP contribution in [0.3, 0.4) is 0 Å². The summed E-state index contributed by atoms with van der Waals surface area (Å²) in [5.74, 6) is 0. The molecule has 0 aliphatic rings. The molecule has 4 heterocycles. The first-order valence-corrected chi connectivity index (χ1v) is 38.7. The third kappa shape index (κ3) is 12.5. The molecule has 0 aliphatic heterocycles. The summed E-state index contributed by atoms with van der Waals surface area (Å²) in [5, 5.41) is 26.7. The Morgan fingerprint density at radius 3 is 1.27 bits per heavy atom. The highest BCUT2D eigenvalue weighted by Crippen LogP contribution is 2.49. The summed E-state index contributed by atoms with van der Waals surface area (Å²) < 4.78 is 10.6. The average Bonchev–Trinajstić information content (AvgIpc) is 1.64. The molecule has 0 atom stereocenters. The smallest absolute Gasteiger partial charge is 0.0478 e. The van der Waals surface area contributed by atoms with Gasteiger partial charge in [-0.15, -0.1) is 45.3 Å². The largest absolute Gasteiger partial charge is 0.355 e. The second-order valence-corrected chi connectivity index (χ2v) is 30.7. The van der Waals surface area contributed by atoms with E-state index < -0.39 is 0 Å². The number of hydrogen-bond donors (Lipinski definition) is 3. The molecule has 0 spiro atoms. The summed E-state index contributed by atoms with van der Waals surface area (Å²) in [5.41, 5.74) is 19.1. The maximum absolute atomic E-state index is 3.79. The molecule has 0 amide bonds. The first kappa shape index (κ1) is 63.5. The van der Waals surface area contributed by atoms with Gasteiger partial charge in [-0.25, -0.2) is 0 Å². The van der Waals surface area contributed by atoms with Crippen molar-refractivity contribution < 1.29 is 0 Å². The number of para-hydroxylation sites is 1. The van der Waals surface area contributed by atoms with Crippen molar-refractivity contribution in [3.63, 3.8) is 0 Å². The van der Waals surface area contributed by atoms with Gasteiger partial charge in [0.05, 0.1) is 0 Å². The van der Waals surface area contributed by atoms with Crippen LogP contribution in [0.5, 0.6) is 0 Å². The van der Waals surface area contributed by atoms with Crippen molar-refractivity contribution in [2.75, 3.05) is 16.0 Å². The Morgan fingerprint density at radius 1 is 0.171 bits per heavy atom. The predicted molar refractivity (Wildman–Crippen MR) is 462 cm³/mol. The topological polar surface area (TPSA) is 36.1 Å². The molecule has 4 aromatic heterocycles.